The summed E-state index contributed by atoms with van der Waals surface area (Å²) in [6.07, 6.45) is 14.1. The third-order valence-electron chi connectivity index (χ3n) is 4.49. The summed E-state index contributed by atoms with van der Waals surface area (Å²) in [5.74, 6) is 1.52. The van der Waals surface area contributed by atoms with Crippen molar-refractivity contribution in [3.05, 3.63) is 36.1 Å². The van der Waals surface area contributed by atoms with Crippen LogP contribution in [0.25, 0.3) is 0 Å². The van der Waals surface area contributed by atoms with Crippen LogP contribution in [-0.2, 0) is 0 Å². The van der Waals surface area contributed by atoms with E-state index in [1.54, 1.807) is 0 Å². The predicted octanol–water partition coefficient (Wildman–Crippen LogP) is 6.09. The molecule has 0 amide bonds. The van der Waals surface area contributed by atoms with Gasteiger partial charge < -0.3 is 0 Å². The highest BCUT2D eigenvalue weighted by Crippen LogP contribution is 2.31. The maximum atomic E-state index is 4.89. The number of nitrogens with zero attached hydrogens (tertiary/aromatic N) is 1. The largest absolute Gasteiger partial charge is 0.258 e. The van der Waals surface area contributed by atoms with E-state index in [2.05, 4.69) is 46.4 Å². The molecule has 0 radical (unpaired) electrons. The van der Waals surface area contributed by atoms with Gasteiger partial charge in [-0.25, -0.2) is 0 Å². The summed E-state index contributed by atoms with van der Waals surface area (Å²) in [5.41, 5.74) is 3.64. The summed E-state index contributed by atoms with van der Waals surface area (Å²) >= 11 is 0. The van der Waals surface area contributed by atoms with E-state index in [4.69, 9.17) is 4.99 Å². The second-order valence-corrected chi connectivity index (χ2v) is 6.13. The van der Waals surface area contributed by atoms with E-state index in [9.17, 15) is 0 Å². The summed E-state index contributed by atoms with van der Waals surface area (Å²) in [5, 5.41) is 0. The Balaban J connectivity index is 2.73. The zero-order valence-corrected chi connectivity index (χ0v) is 13.8. The van der Waals surface area contributed by atoms with Crippen LogP contribution in [0.4, 0.5) is 0 Å². The lowest BCUT2D eigenvalue weighted by atomic mass is 9.91. The number of hydrogen-bond donors (Lipinski definition) is 0. The van der Waals surface area contributed by atoms with Crippen LogP contribution in [-0.4, -0.2) is 5.71 Å². The zero-order chi connectivity index (χ0) is 15.0. The van der Waals surface area contributed by atoms with Crippen molar-refractivity contribution < 1.29 is 0 Å². The first-order valence-corrected chi connectivity index (χ1v) is 8.08. The van der Waals surface area contributed by atoms with E-state index in [1.165, 1.54) is 43.4 Å². The number of rotatable bonds is 7. The van der Waals surface area contributed by atoms with Crippen molar-refractivity contribution in [2.75, 3.05) is 0 Å². The van der Waals surface area contributed by atoms with Crippen molar-refractivity contribution in [3.8, 4) is 0 Å². The molecule has 0 aromatic rings. The first-order valence-electron chi connectivity index (χ1n) is 8.08. The molecular weight excluding hydrogens is 242 g/mol. The Labute approximate surface area is 125 Å². The Bertz CT molecular complexity index is 392. The average molecular weight is 273 g/mol. The molecule has 0 aromatic heterocycles. The normalized spacial score (nSPS) is 20.3. The molecule has 0 aromatic carbocycles. The number of aliphatic imine (C=N–C) groups is 1. The molecule has 1 aliphatic rings. The van der Waals surface area contributed by atoms with Gasteiger partial charge >= 0.3 is 0 Å². The average Bonchev–Trinajstić information content (AvgIpc) is 2.95. The third kappa shape index (κ3) is 5.48. The van der Waals surface area contributed by atoms with Gasteiger partial charge in [0.2, 0.25) is 0 Å². The highest BCUT2D eigenvalue weighted by Gasteiger charge is 2.19. The fourth-order valence-corrected chi connectivity index (χ4v) is 2.85. The van der Waals surface area contributed by atoms with Crippen LogP contribution in [0.1, 0.15) is 66.2 Å². The quantitative estimate of drug-likeness (QED) is 0.302. The summed E-state index contributed by atoms with van der Waals surface area (Å²) in [4.78, 5) is 4.89. The molecule has 0 saturated heterocycles. The van der Waals surface area contributed by atoms with Gasteiger partial charge in [0.15, 0.2) is 0 Å². The Morgan fingerprint density at radius 1 is 1.30 bits per heavy atom. The van der Waals surface area contributed by atoms with E-state index in [0.29, 0.717) is 5.92 Å². The smallest absolute Gasteiger partial charge is 0.0618 e. The van der Waals surface area contributed by atoms with Gasteiger partial charge in [0, 0.05) is 5.71 Å². The molecule has 0 heterocycles. The molecule has 0 bridgehead atoms. The first-order chi connectivity index (χ1) is 9.58. The molecule has 1 saturated carbocycles. The summed E-state index contributed by atoms with van der Waals surface area (Å²) in [6, 6.07) is 0. The van der Waals surface area contributed by atoms with Crippen LogP contribution in [0.3, 0.4) is 0 Å². The Hall–Kier alpha value is -1.11. The van der Waals surface area contributed by atoms with Gasteiger partial charge in [-0.05, 0) is 51.0 Å². The lowest BCUT2D eigenvalue weighted by molar-refractivity contribution is 0.457. The molecule has 1 atom stereocenters. The fourth-order valence-electron chi connectivity index (χ4n) is 2.85. The molecule has 20 heavy (non-hydrogen) atoms. The molecule has 1 heteroatoms. The van der Waals surface area contributed by atoms with Gasteiger partial charge in [-0.1, -0.05) is 50.8 Å². The first kappa shape index (κ1) is 16.9. The topological polar surface area (TPSA) is 12.4 Å². The lowest BCUT2D eigenvalue weighted by Gasteiger charge is -2.17. The van der Waals surface area contributed by atoms with E-state index in [1.807, 2.05) is 6.08 Å². The summed E-state index contributed by atoms with van der Waals surface area (Å²) in [6.45, 7) is 12.5. The molecule has 0 N–H and O–H groups in total. The SMILES string of the molecule is C=CCC=C(N=C(C)C(C)CC1CCCC1)/C(C)=C/C. The second kappa shape index (κ2) is 8.94. The Kier molecular flexibility index (Phi) is 7.58. The van der Waals surface area contributed by atoms with E-state index >= 15 is 0 Å². The van der Waals surface area contributed by atoms with Gasteiger partial charge in [-0.3, -0.25) is 4.99 Å². The fraction of sp³-hybridized carbons (Fsp3) is 0.632. The minimum absolute atomic E-state index is 0.592. The highest BCUT2D eigenvalue weighted by molar-refractivity contribution is 5.85. The molecule has 0 spiro atoms. The van der Waals surface area contributed by atoms with E-state index < -0.39 is 0 Å². The van der Waals surface area contributed by atoms with Gasteiger partial charge in [-0.15, -0.1) is 6.58 Å². The minimum Gasteiger partial charge on any atom is -0.258 e. The van der Waals surface area contributed by atoms with E-state index in [-0.39, 0.29) is 0 Å². The molecule has 0 aliphatic heterocycles. The maximum absolute atomic E-state index is 4.89. The minimum atomic E-state index is 0.592. The van der Waals surface area contributed by atoms with Crippen LogP contribution >= 0.6 is 0 Å². The van der Waals surface area contributed by atoms with Crippen molar-refractivity contribution >= 4 is 5.71 Å². The molecule has 1 unspecified atom stereocenters. The Morgan fingerprint density at radius 2 is 1.95 bits per heavy atom. The second-order valence-electron chi connectivity index (χ2n) is 6.13. The maximum Gasteiger partial charge on any atom is 0.0618 e. The van der Waals surface area contributed by atoms with Gasteiger partial charge in [0.25, 0.3) is 0 Å². The van der Waals surface area contributed by atoms with Crippen LogP contribution in [0.2, 0.25) is 0 Å². The Morgan fingerprint density at radius 3 is 2.50 bits per heavy atom. The van der Waals surface area contributed by atoms with Crippen molar-refractivity contribution in [2.24, 2.45) is 16.8 Å². The molecule has 1 fully saturated rings. The molecule has 1 nitrogen and oxygen atoms in total. The van der Waals surface area contributed by atoms with Crippen LogP contribution < -0.4 is 0 Å². The predicted molar refractivity (Wildman–Crippen MR) is 91.2 cm³/mol. The van der Waals surface area contributed by atoms with Gasteiger partial charge in [-0.2, -0.15) is 0 Å². The van der Waals surface area contributed by atoms with Crippen molar-refractivity contribution in [2.45, 2.75) is 66.2 Å². The molecule has 1 aliphatic carbocycles. The highest BCUT2D eigenvalue weighted by atomic mass is 14.8. The van der Waals surface area contributed by atoms with E-state index in [0.717, 1.165) is 18.0 Å². The zero-order valence-electron chi connectivity index (χ0n) is 13.8. The van der Waals surface area contributed by atoms with Crippen LogP contribution in [0.5, 0.6) is 0 Å². The van der Waals surface area contributed by atoms with Crippen LogP contribution in [0, 0.1) is 11.8 Å². The van der Waals surface area contributed by atoms with Crippen molar-refractivity contribution in [3.63, 3.8) is 0 Å². The molecule has 112 valence electrons. The molecule has 1 rings (SSSR count). The third-order valence-corrected chi connectivity index (χ3v) is 4.49. The monoisotopic (exact) mass is 273 g/mol. The summed E-state index contributed by atoms with van der Waals surface area (Å²) in [7, 11) is 0. The standard InChI is InChI=1S/C19H31N/c1-6-8-13-19(15(3)7-2)20-17(5)16(4)14-18-11-9-10-12-18/h6-7,13,16,18H,1,8-12,14H2,2-5H3/b15-7+,19-13?,20-17?. The number of allylic oxidation sites excluding steroid dienone is 4. The van der Waals surface area contributed by atoms with Gasteiger partial charge in [0.05, 0.1) is 5.70 Å². The number of hydrogen-bond acceptors (Lipinski definition) is 1. The van der Waals surface area contributed by atoms with Crippen LogP contribution in [0.15, 0.2) is 41.1 Å². The summed E-state index contributed by atoms with van der Waals surface area (Å²) < 4.78 is 0. The van der Waals surface area contributed by atoms with Gasteiger partial charge in [0.1, 0.15) is 0 Å². The van der Waals surface area contributed by atoms with Crippen molar-refractivity contribution in [1.29, 1.82) is 0 Å². The lowest BCUT2D eigenvalue weighted by Crippen LogP contribution is -2.12. The van der Waals surface area contributed by atoms with Crippen molar-refractivity contribution in [1.82, 2.24) is 0 Å². The molecular formula is C19H31N.